The third kappa shape index (κ3) is 5.34. The maximum atomic E-state index is 10.9. The van der Waals surface area contributed by atoms with Crippen molar-refractivity contribution < 1.29 is 33.3 Å². The van der Waals surface area contributed by atoms with Crippen molar-refractivity contribution in [1.29, 1.82) is 0 Å². The van der Waals surface area contributed by atoms with Gasteiger partial charge in [-0.15, -0.1) is 0 Å². The molecule has 0 aromatic carbocycles. The highest BCUT2D eigenvalue weighted by Crippen LogP contribution is 2.13. The maximum Gasteiger partial charge on any atom is 0.508 e. The van der Waals surface area contributed by atoms with Crippen LogP contribution in [0, 0.1) is 0 Å². The highest BCUT2D eigenvalue weighted by atomic mass is 16.8. The predicted molar refractivity (Wildman–Crippen MR) is 66.2 cm³/mol. The molecule has 0 amide bonds. The Morgan fingerprint density at radius 1 is 1.00 bits per heavy atom. The average Bonchev–Trinajstić information content (AvgIpc) is 3.02. The summed E-state index contributed by atoms with van der Waals surface area (Å²) in [5.74, 6) is -0.136. The van der Waals surface area contributed by atoms with Crippen molar-refractivity contribution in [2.75, 3.05) is 33.0 Å². The summed E-state index contributed by atoms with van der Waals surface area (Å²) >= 11 is 0. The van der Waals surface area contributed by atoms with Gasteiger partial charge in [-0.2, -0.15) is 0 Å². The molecule has 2 unspecified atom stereocenters. The SMILES string of the molecule is O=C1CCC(COCCCCOCC2COC(=O)O2)O1. The summed E-state index contributed by atoms with van der Waals surface area (Å²) in [6.45, 7) is 2.32. The van der Waals surface area contributed by atoms with E-state index < -0.39 is 6.16 Å². The van der Waals surface area contributed by atoms with Gasteiger partial charge >= 0.3 is 12.1 Å². The van der Waals surface area contributed by atoms with Crippen molar-refractivity contribution in [2.24, 2.45) is 0 Å². The first-order chi connectivity index (χ1) is 9.74. The molecule has 2 aliphatic heterocycles. The number of rotatable bonds is 9. The summed E-state index contributed by atoms with van der Waals surface area (Å²) in [7, 11) is 0. The molecule has 2 fully saturated rings. The molecular weight excluding hydrogens is 268 g/mol. The van der Waals surface area contributed by atoms with E-state index in [4.69, 9.17) is 18.9 Å². The molecule has 0 radical (unpaired) electrons. The van der Waals surface area contributed by atoms with E-state index >= 15 is 0 Å². The van der Waals surface area contributed by atoms with Crippen LogP contribution in [0.25, 0.3) is 0 Å². The van der Waals surface area contributed by atoms with Crippen LogP contribution in [0.5, 0.6) is 0 Å². The molecule has 7 heteroatoms. The summed E-state index contributed by atoms with van der Waals surface area (Å²) in [6, 6.07) is 0. The van der Waals surface area contributed by atoms with Crippen LogP contribution in [-0.4, -0.2) is 57.4 Å². The van der Waals surface area contributed by atoms with Gasteiger partial charge in [0.2, 0.25) is 0 Å². The van der Waals surface area contributed by atoms with Crippen molar-refractivity contribution >= 4 is 12.1 Å². The maximum absolute atomic E-state index is 10.9. The molecule has 2 rings (SSSR count). The van der Waals surface area contributed by atoms with Crippen LogP contribution >= 0.6 is 0 Å². The third-order valence-electron chi connectivity index (χ3n) is 3.05. The molecule has 0 saturated carbocycles. The van der Waals surface area contributed by atoms with E-state index in [2.05, 4.69) is 4.74 Å². The summed E-state index contributed by atoms with van der Waals surface area (Å²) in [5, 5.41) is 0. The van der Waals surface area contributed by atoms with Gasteiger partial charge in [0.05, 0.1) is 13.2 Å². The molecule has 2 aliphatic rings. The van der Waals surface area contributed by atoms with Crippen LogP contribution in [0.15, 0.2) is 0 Å². The molecule has 114 valence electrons. The lowest BCUT2D eigenvalue weighted by molar-refractivity contribution is -0.143. The second-order valence-electron chi connectivity index (χ2n) is 4.81. The molecule has 0 spiro atoms. The Balaban J connectivity index is 1.35. The average molecular weight is 288 g/mol. The summed E-state index contributed by atoms with van der Waals surface area (Å²) in [4.78, 5) is 21.5. The quantitative estimate of drug-likeness (QED) is 0.463. The van der Waals surface area contributed by atoms with Gasteiger partial charge in [0.25, 0.3) is 0 Å². The minimum absolute atomic E-state index is 0.0733. The van der Waals surface area contributed by atoms with E-state index in [-0.39, 0.29) is 24.8 Å². The molecule has 0 aromatic rings. The third-order valence-corrected chi connectivity index (χ3v) is 3.05. The van der Waals surface area contributed by atoms with Gasteiger partial charge < -0.3 is 23.7 Å². The predicted octanol–water partition coefficient (Wildman–Crippen LogP) is 1.04. The fourth-order valence-corrected chi connectivity index (χ4v) is 1.98. The van der Waals surface area contributed by atoms with Crippen molar-refractivity contribution in [3.05, 3.63) is 0 Å². The smallest absolute Gasteiger partial charge is 0.460 e. The van der Waals surface area contributed by atoms with Crippen LogP contribution in [0.3, 0.4) is 0 Å². The molecule has 2 heterocycles. The molecule has 2 saturated heterocycles. The number of carbonyl (C=O) groups excluding carboxylic acids is 2. The van der Waals surface area contributed by atoms with Crippen LogP contribution in [0.2, 0.25) is 0 Å². The van der Waals surface area contributed by atoms with Crippen LogP contribution in [0.1, 0.15) is 25.7 Å². The van der Waals surface area contributed by atoms with Crippen LogP contribution < -0.4 is 0 Å². The Morgan fingerprint density at radius 2 is 1.70 bits per heavy atom. The van der Waals surface area contributed by atoms with Gasteiger partial charge in [-0.05, 0) is 19.3 Å². The summed E-state index contributed by atoms with van der Waals surface area (Å²) < 4.78 is 25.3. The summed E-state index contributed by atoms with van der Waals surface area (Å²) in [6.07, 6.45) is 2.01. The number of hydrogen-bond donors (Lipinski definition) is 0. The molecule has 0 aromatic heterocycles. The number of hydrogen-bond acceptors (Lipinski definition) is 7. The standard InChI is InChI=1S/C13H20O7/c14-12-4-3-10(19-12)7-16-5-1-2-6-17-8-11-9-18-13(15)20-11/h10-11H,1-9H2. The first kappa shape index (κ1) is 15.1. The Labute approximate surface area is 117 Å². The Kier molecular flexibility index (Phi) is 6.07. The number of esters is 1. The van der Waals surface area contributed by atoms with Crippen LogP contribution in [-0.2, 0) is 28.5 Å². The Hall–Kier alpha value is -1.34. The molecule has 0 aliphatic carbocycles. The van der Waals surface area contributed by atoms with Gasteiger partial charge in [0, 0.05) is 19.6 Å². The molecule has 7 nitrogen and oxygen atoms in total. The van der Waals surface area contributed by atoms with Crippen molar-refractivity contribution in [3.8, 4) is 0 Å². The van der Waals surface area contributed by atoms with Gasteiger partial charge in [0.15, 0.2) is 6.10 Å². The molecule has 20 heavy (non-hydrogen) atoms. The Bertz CT molecular complexity index is 299. The lowest BCUT2D eigenvalue weighted by Crippen LogP contribution is -2.18. The molecule has 2 atom stereocenters. The highest BCUT2D eigenvalue weighted by molar-refractivity contribution is 5.71. The summed E-state index contributed by atoms with van der Waals surface area (Å²) in [5.41, 5.74) is 0. The van der Waals surface area contributed by atoms with E-state index in [0.717, 1.165) is 19.3 Å². The lowest BCUT2D eigenvalue weighted by atomic mass is 10.2. The van der Waals surface area contributed by atoms with E-state index in [9.17, 15) is 9.59 Å². The van der Waals surface area contributed by atoms with Crippen molar-refractivity contribution in [1.82, 2.24) is 0 Å². The number of unbranched alkanes of at least 4 members (excludes halogenated alkanes) is 1. The number of ether oxygens (including phenoxy) is 5. The number of cyclic esters (lactones) is 3. The van der Waals surface area contributed by atoms with Gasteiger partial charge in [-0.3, -0.25) is 4.79 Å². The monoisotopic (exact) mass is 288 g/mol. The van der Waals surface area contributed by atoms with Crippen molar-refractivity contribution in [2.45, 2.75) is 37.9 Å². The minimum Gasteiger partial charge on any atom is -0.460 e. The lowest BCUT2D eigenvalue weighted by Gasteiger charge is -2.10. The van der Waals surface area contributed by atoms with E-state index in [1.54, 1.807) is 0 Å². The normalized spacial score (nSPS) is 25.4. The fourth-order valence-electron chi connectivity index (χ4n) is 1.98. The van der Waals surface area contributed by atoms with E-state index in [1.807, 2.05) is 0 Å². The second kappa shape index (κ2) is 8.06. The topological polar surface area (TPSA) is 80.3 Å². The van der Waals surface area contributed by atoms with E-state index in [1.165, 1.54) is 0 Å². The molecule has 0 N–H and O–H groups in total. The largest absolute Gasteiger partial charge is 0.508 e. The number of carbonyl (C=O) groups is 2. The highest BCUT2D eigenvalue weighted by Gasteiger charge is 2.25. The van der Waals surface area contributed by atoms with Crippen molar-refractivity contribution in [3.63, 3.8) is 0 Å². The second-order valence-corrected chi connectivity index (χ2v) is 4.81. The zero-order chi connectivity index (χ0) is 14.2. The minimum atomic E-state index is -0.625. The van der Waals surface area contributed by atoms with Gasteiger partial charge in [-0.1, -0.05) is 0 Å². The first-order valence-corrected chi connectivity index (χ1v) is 6.92. The van der Waals surface area contributed by atoms with Gasteiger partial charge in [-0.25, -0.2) is 4.79 Å². The zero-order valence-electron chi connectivity index (χ0n) is 11.4. The van der Waals surface area contributed by atoms with Gasteiger partial charge in [0.1, 0.15) is 12.7 Å². The Morgan fingerprint density at radius 3 is 2.25 bits per heavy atom. The molecule has 0 bridgehead atoms. The van der Waals surface area contributed by atoms with E-state index in [0.29, 0.717) is 32.8 Å². The fraction of sp³-hybridized carbons (Fsp3) is 0.846. The first-order valence-electron chi connectivity index (χ1n) is 6.92. The van der Waals surface area contributed by atoms with Crippen LogP contribution in [0.4, 0.5) is 4.79 Å². The zero-order valence-corrected chi connectivity index (χ0v) is 11.4. The molecular formula is C13H20O7.